The van der Waals surface area contributed by atoms with Crippen LogP contribution in [0.15, 0.2) is 40.3 Å². The van der Waals surface area contributed by atoms with Crippen molar-refractivity contribution in [2.75, 3.05) is 10.0 Å². The zero-order chi connectivity index (χ0) is 25.7. The molecule has 0 saturated carbocycles. The molecule has 188 valence electrons. The first-order chi connectivity index (χ1) is 17.3. The number of hydrogen-bond donors (Lipinski definition) is 2. The molecule has 36 heavy (non-hydrogen) atoms. The lowest BCUT2D eigenvalue weighted by molar-refractivity contribution is -0.115. The Bertz CT molecular complexity index is 1400. The highest BCUT2D eigenvalue weighted by atomic mass is 32.2. The summed E-state index contributed by atoms with van der Waals surface area (Å²) in [6.45, 7) is 3.64. The summed E-state index contributed by atoms with van der Waals surface area (Å²) in [7, 11) is -3.82. The first-order valence-corrected chi connectivity index (χ1v) is 14.8. The highest BCUT2D eigenvalue weighted by Crippen LogP contribution is 2.31. The van der Waals surface area contributed by atoms with Crippen LogP contribution in [0.5, 0.6) is 0 Å². The molecule has 0 fully saturated rings. The predicted molar refractivity (Wildman–Crippen MR) is 141 cm³/mol. The standard InChI is InChI=1S/C24H26N6O3S3/c1-3-21(35-23-17(14-25)13-16-7-5-4-6-8-20(16)27-23)22(31)26-18-9-11-19(12-10-18)36(32,33)30-24-29-28-15(2)34-24/h9-13,21H,3-8H2,1-2H3,(H,26,31)(H,29,30). The van der Waals surface area contributed by atoms with Crippen LogP contribution in [0.1, 0.15) is 54.4 Å². The van der Waals surface area contributed by atoms with Crippen molar-refractivity contribution in [2.24, 2.45) is 0 Å². The molecule has 0 aliphatic heterocycles. The average Bonchev–Trinajstić information content (AvgIpc) is 3.12. The van der Waals surface area contributed by atoms with E-state index in [4.69, 9.17) is 4.98 Å². The summed E-state index contributed by atoms with van der Waals surface area (Å²) in [4.78, 5) is 17.8. The number of nitriles is 1. The summed E-state index contributed by atoms with van der Waals surface area (Å²) >= 11 is 2.44. The zero-order valence-corrected chi connectivity index (χ0v) is 22.4. The summed E-state index contributed by atoms with van der Waals surface area (Å²) in [6, 6.07) is 10.1. The van der Waals surface area contributed by atoms with Gasteiger partial charge in [0.1, 0.15) is 16.1 Å². The number of amides is 1. The maximum absolute atomic E-state index is 13.0. The van der Waals surface area contributed by atoms with Crippen molar-refractivity contribution < 1.29 is 13.2 Å². The summed E-state index contributed by atoms with van der Waals surface area (Å²) in [5.74, 6) is -0.235. The minimum Gasteiger partial charge on any atom is -0.325 e. The number of fused-ring (bicyclic) bond motifs is 1. The number of hydrogen-bond acceptors (Lipinski definition) is 9. The molecule has 2 N–H and O–H groups in total. The van der Waals surface area contributed by atoms with Gasteiger partial charge in [-0.2, -0.15) is 5.26 Å². The fraction of sp³-hybridized carbons (Fsp3) is 0.375. The third-order valence-electron chi connectivity index (χ3n) is 5.73. The third-order valence-corrected chi connectivity index (χ3v) is 9.34. The van der Waals surface area contributed by atoms with E-state index >= 15 is 0 Å². The minimum atomic E-state index is -3.82. The Labute approximate surface area is 218 Å². The molecule has 0 spiro atoms. The molecule has 12 heteroatoms. The van der Waals surface area contributed by atoms with Gasteiger partial charge in [0.2, 0.25) is 11.0 Å². The Morgan fingerprint density at radius 3 is 2.61 bits per heavy atom. The molecule has 0 saturated heterocycles. The summed E-state index contributed by atoms with van der Waals surface area (Å²) in [5.41, 5.74) is 3.13. The second kappa shape index (κ2) is 11.4. The van der Waals surface area contributed by atoms with E-state index in [0.29, 0.717) is 27.7 Å². The predicted octanol–water partition coefficient (Wildman–Crippen LogP) is 4.69. The zero-order valence-electron chi connectivity index (χ0n) is 19.9. The molecule has 0 bridgehead atoms. The number of aryl methyl sites for hydroxylation is 3. The number of nitrogens with zero attached hydrogens (tertiary/aromatic N) is 4. The van der Waals surface area contributed by atoms with Gasteiger partial charge in [-0.15, -0.1) is 10.2 Å². The molecule has 9 nitrogen and oxygen atoms in total. The van der Waals surface area contributed by atoms with E-state index in [1.165, 1.54) is 36.0 Å². The van der Waals surface area contributed by atoms with Gasteiger partial charge in [0.25, 0.3) is 10.0 Å². The molecule has 2 heterocycles. The van der Waals surface area contributed by atoms with E-state index in [1.807, 2.05) is 13.0 Å². The van der Waals surface area contributed by atoms with Gasteiger partial charge in [-0.3, -0.25) is 9.52 Å². The Morgan fingerprint density at radius 1 is 1.19 bits per heavy atom. The number of nitrogens with one attached hydrogen (secondary N) is 2. The quantitative estimate of drug-likeness (QED) is 0.309. The number of sulfonamides is 1. The van der Waals surface area contributed by atoms with Gasteiger partial charge >= 0.3 is 0 Å². The van der Waals surface area contributed by atoms with Crippen LogP contribution >= 0.6 is 23.1 Å². The van der Waals surface area contributed by atoms with Crippen LogP contribution in [-0.2, 0) is 27.7 Å². The van der Waals surface area contributed by atoms with Crippen LogP contribution in [0.3, 0.4) is 0 Å². The molecule has 1 aliphatic carbocycles. The second-order valence-electron chi connectivity index (χ2n) is 8.38. The van der Waals surface area contributed by atoms with Crippen molar-refractivity contribution in [1.82, 2.24) is 15.2 Å². The van der Waals surface area contributed by atoms with E-state index in [-0.39, 0.29) is 15.9 Å². The van der Waals surface area contributed by atoms with E-state index in [0.717, 1.165) is 54.7 Å². The van der Waals surface area contributed by atoms with Gasteiger partial charge in [0.15, 0.2) is 0 Å². The first kappa shape index (κ1) is 26.1. The van der Waals surface area contributed by atoms with E-state index in [9.17, 15) is 18.5 Å². The summed E-state index contributed by atoms with van der Waals surface area (Å²) < 4.78 is 27.6. The monoisotopic (exact) mass is 542 g/mol. The Hall–Kier alpha value is -3.01. The lowest BCUT2D eigenvalue weighted by Gasteiger charge is -2.16. The lowest BCUT2D eigenvalue weighted by atomic mass is 10.1. The normalized spacial score (nSPS) is 14.2. The largest absolute Gasteiger partial charge is 0.325 e. The molecular weight excluding hydrogens is 517 g/mol. The Kier molecular flexibility index (Phi) is 8.23. The smallest absolute Gasteiger partial charge is 0.263 e. The topological polar surface area (TPSA) is 138 Å². The number of rotatable bonds is 8. The Balaban J connectivity index is 1.45. The number of aromatic nitrogens is 3. The minimum absolute atomic E-state index is 0.0441. The van der Waals surface area contributed by atoms with Gasteiger partial charge in [0, 0.05) is 11.4 Å². The van der Waals surface area contributed by atoms with Gasteiger partial charge in [0.05, 0.1) is 15.7 Å². The lowest BCUT2D eigenvalue weighted by Crippen LogP contribution is -2.25. The molecule has 4 rings (SSSR count). The van der Waals surface area contributed by atoms with E-state index < -0.39 is 15.3 Å². The number of thioether (sulfide) groups is 1. The SMILES string of the molecule is CCC(Sc1nc2c(cc1C#N)CCCCC2)C(=O)Nc1ccc(S(=O)(=O)Nc2nnc(C)s2)cc1. The molecule has 3 aromatic rings. The van der Waals surface area contributed by atoms with Crippen LogP contribution in [0, 0.1) is 18.3 Å². The fourth-order valence-electron chi connectivity index (χ4n) is 3.87. The van der Waals surface area contributed by atoms with Crippen molar-refractivity contribution in [3.05, 3.63) is 52.2 Å². The molecule has 0 radical (unpaired) electrons. The molecule has 1 aromatic carbocycles. The van der Waals surface area contributed by atoms with Crippen molar-refractivity contribution in [3.8, 4) is 6.07 Å². The van der Waals surface area contributed by atoms with Crippen LogP contribution in [0.4, 0.5) is 10.8 Å². The number of carbonyl (C=O) groups excluding carboxylic acids is 1. The Morgan fingerprint density at radius 2 is 1.94 bits per heavy atom. The molecule has 1 atom stereocenters. The van der Waals surface area contributed by atoms with Crippen LogP contribution in [0.25, 0.3) is 0 Å². The second-order valence-corrected chi connectivity index (χ2v) is 12.4. The number of carbonyl (C=O) groups is 1. The van der Waals surface area contributed by atoms with Gasteiger partial charge in [-0.1, -0.05) is 36.4 Å². The fourth-order valence-corrected chi connectivity index (χ4v) is 6.69. The van der Waals surface area contributed by atoms with Crippen molar-refractivity contribution >= 4 is 49.8 Å². The summed E-state index contributed by atoms with van der Waals surface area (Å²) in [5, 5.41) is 21.1. The third kappa shape index (κ3) is 6.21. The molecule has 2 aromatic heterocycles. The van der Waals surface area contributed by atoms with Crippen molar-refractivity contribution in [3.63, 3.8) is 0 Å². The van der Waals surface area contributed by atoms with Crippen LogP contribution in [0.2, 0.25) is 0 Å². The average molecular weight is 543 g/mol. The van der Waals surface area contributed by atoms with Crippen LogP contribution in [-0.4, -0.2) is 34.8 Å². The summed E-state index contributed by atoms with van der Waals surface area (Å²) in [6.07, 6.45) is 5.69. The van der Waals surface area contributed by atoms with E-state index in [2.05, 4.69) is 26.3 Å². The number of pyridine rings is 1. The highest BCUT2D eigenvalue weighted by molar-refractivity contribution is 8.00. The first-order valence-electron chi connectivity index (χ1n) is 11.6. The van der Waals surface area contributed by atoms with E-state index in [1.54, 1.807) is 6.92 Å². The van der Waals surface area contributed by atoms with Gasteiger partial charge < -0.3 is 5.32 Å². The van der Waals surface area contributed by atoms with Gasteiger partial charge in [-0.05, 0) is 74.9 Å². The maximum Gasteiger partial charge on any atom is 0.263 e. The highest BCUT2D eigenvalue weighted by Gasteiger charge is 2.23. The number of benzene rings is 1. The maximum atomic E-state index is 13.0. The van der Waals surface area contributed by atoms with Crippen molar-refractivity contribution in [1.29, 1.82) is 5.26 Å². The molecule has 1 unspecified atom stereocenters. The molecule has 1 amide bonds. The molecular formula is C24H26N6O3S3. The van der Waals surface area contributed by atoms with Crippen LogP contribution < -0.4 is 10.0 Å². The molecule has 1 aliphatic rings. The number of anilines is 2. The van der Waals surface area contributed by atoms with Gasteiger partial charge in [-0.25, -0.2) is 13.4 Å². The van der Waals surface area contributed by atoms with Crippen molar-refractivity contribution in [2.45, 2.75) is 67.5 Å².